The molecule has 2 amide bonds. The van der Waals surface area contributed by atoms with E-state index < -0.39 is 10.0 Å². The van der Waals surface area contributed by atoms with Crippen molar-refractivity contribution >= 4 is 27.6 Å². The van der Waals surface area contributed by atoms with E-state index in [1.807, 2.05) is 31.2 Å². The van der Waals surface area contributed by atoms with E-state index in [4.69, 9.17) is 14.7 Å². The molecule has 0 saturated carbocycles. The van der Waals surface area contributed by atoms with Gasteiger partial charge in [-0.2, -0.15) is 0 Å². The van der Waals surface area contributed by atoms with E-state index in [1.54, 1.807) is 4.31 Å². The maximum Gasteiger partial charge on any atom is 0.319 e. The zero-order chi connectivity index (χ0) is 26.7. The number of urea groups is 1. The van der Waals surface area contributed by atoms with E-state index in [1.165, 1.54) is 11.8 Å². The Morgan fingerprint density at radius 2 is 1.76 bits per heavy atom. The minimum atomic E-state index is -3.14. The Morgan fingerprint density at radius 1 is 1.05 bits per heavy atom. The van der Waals surface area contributed by atoms with Crippen LogP contribution in [0.4, 0.5) is 16.3 Å². The Balaban J connectivity index is 1.39. The minimum absolute atomic E-state index is 0.234. The van der Waals surface area contributed by atoms with Gasteiger partial charge < -0.3 is 20.3 Å². The zero-order valence-electron chi connectivity index (χ0n) is 22.1. The van der Waals surface area contributed by atoms with E-state index in [-0.39, 0.29) is 6.03 Å². The molecule has 206 valence electrons. The van der Waals surface area contributed by atoms with Crippen LogP contribution in [0.3, 0.4) is 0 Å². The number of piperidine rings is 1. The molecule has 12 heteroatoms. The van der Waals surface area contributed by atoms with Crippen LogP contribution in [0.15, 0.2) is 24.3 Å². The SMILES string of the molecule is CCNC(=O)Nc1ccc(-c2nc3c(c(N4CCOCC4)n2)CCN(C2CCN(S(C)(=O)=O)CC2)C3)cc1. The number of hydrogen-bond donors (Lipinski definition) is 2. The Hall–Kier alpha value is -2.80. The molecule has 2 saturated heterocycles. The lowest BCUT2D eigenvalue weighted by Gasteiger charge is -2.40. The molecule has 38 heavy (non-hydrogen) atoms. The summed E-state index contributed by atoms with van der Waals surface area (Å²) < 4.78 is 31.1. The predicted octanol–water partition coefficient (Wildman–Crippen LogP) is 1.90. The van der Waals surface area contributed by atoms with Gasteiger partial charge in [-0.15, -0.1) is 0 Å². The molecule has 4 heterocycles. The normalized spacial score (nSPS) is 19.7. The van der Waals surface area contributed by atoms with Crippen LogP contribution >= 0.6 is 0 Å². The average Bonchev–Trinajstić information content (AvgIpc) is 2.93. The third-order valence-electron chi connectivity index (χ3n) is 7.53. The van der Waals surface area contributed by atoms with Crippen molar-refractivity contribution in [3.8, 4) is 11.4 Å². The highest BCUT2D eigenvalue weighted by atomic mass is 32.2. The molecule has 2 aromatic rings. The predicted molar refractivity (Wildman–Crippen MR) is 147 cm³/mol. The largest absolute Gasteiger partial charge is 0.378 e. The Morgan fingerprint density at radius 3 is 2.42 bits per heavy atom. The quantitative estimate of drug-likeness (QED) is 0.567. The van der Waals surface area contributed by atoms with E-state index in [9.17, 15) is 13.2 Å². The first-order valence-corrected chi connectivity index (χ1v) is 15.2. The fourth-order valence-electron chi connectivity index (χ4n) is 5.49. The number of morpholine rings is 1. The molecular formula is C26H37N7O4S. The summed E-state index contributed by atoms with van der Waals surface area (Å²) in [5.41, 5.74) is 3.84. The second kappa shape index (κ2) is 11.5. The molecule has 0 radical (unpaired) electrons. The zero-order valence-corrected chi connectivity index (χ0v) is 23.0. The summed E-state index contributed by atoms with van der Waals surface area (Å²) in [5.74, 6) is 1.66. The first kappa shape index (κ1) is 26.8. The molecule has 1 aromatic heterocycles. The van der Waals surface area contributed by atoms with Crippen LogP contribution in [0.25, 0.3) is 11.4 Å². The van der Waals surface area contributed by atoms with Crippen molar-refractivity contribution in [3.63, 3.8) is 0 Å². The highest BCUT2D eigenvalue weighted by molar-refractivity contribution is 7.88. The second-order valence-corrected chi connectivity index (χ2v) is 12.1. The van der Waals surface area contributed by atoms with Gasteiger partial charge in [0.25, 0.3) is 0 Å². The smallest absolute Gasteiger partial charge is 0.319 e. The van der Waals surface area contributed by atoms with Gasteiger partial charge in [-0.25, -0.2) is 27.5 Å². The molecule has 0 unspecified atom stereocenters. The number of amides is 2. The summed E-state index contributed by atoms with van der Waals surface area (Å²) in [6.07, 6.45) is 3.82. The lowest BCUT2D eigenvalue weighted by atomic mass is 9.98. The third kappa shape index (κ3) is 6.09. The number of carbonyl (C=O) groups is 1. The third-order valence-corrected chi connectivity index (χ3v) is 8.83. The van der Waals surface area contributed by atoms with E-state index >= 15 is 0 Å². The molecule has 2 N–H and O–H groups in total. The molecule has 11 nitrogen and oxygen atoms in total. The number of ether oxygens (including phenoxy) is 1. The van der Waals surface area contributed by atoms with E-state index in [2.05, 4.69) is 20.4 Å². The fourth-order valence-corrected chi connectivity index (χ4v) is 6.36. The number of aromatic nitrogens is 2. The summed E-state index contributed by atoms with van der Waals surface area (Å²) in [6, 6.07) is 7.71. The second-order valence-electron chi connectivity index (χ2n) is 10.1. The summed E-state index contributed by atoms with van der Waals surface area (Å²) in [4.78, 5) is 26.7. The monoisotopic (exact) mass is 543 g/mol. The standard InChI is InChI=1S/C26H37N7O4S/c1-3-27-26(34)28-20-6-4-19(5-7-20)24-29-23-18-32(21-8-12-33(13-9-21)38(2,35)36)11-10-22(23)25(30-24)31-14-16-37-17-15-31/h4-7,21H,3,8-18H2,1-2H3,(H2,27,28,34). The molecule has 2 fully saturated rings. The molecule has 0 atom stereocenters. The van der Waals surface area contributed by atoms with Crippen LogP contribution in [-0.2, 0) is 27.7 Å². The maximum atomic E-state index is 12.0. The summed E-state index contributed by atoms with van der Waals surface area (Å²) in [7, 11) is -3.14. The lowest BCUT2D eigenvalue weighted by molar-refractivity contribution is 0.120. The van der Waals surface area contributed by atoms with Crippen molar-refractivity contribution < 1.29 is 17.9 Å². The van der Waals surface area contributed by atoms with Crippen molar-refractivity contribution in [2.75, 3.05) is 69.0 Å². The molecule has 0 bridgehead atoms. The highest BCUT2D eigenvalue weighted by Gasteiger charge is 2.32. The number of sulfonamides is 1. The molecule has 0 spiro atoms. The fraction of sp³-hybridized carbons (Fsp3) is 0.577. The Labute approximate surface area is 224 Å². The number of fused-ring (bicyclic) bond motifs is 1. The molecule has 0 aliphatic carbocycles. The molecule has 3 aliphatic heterocycles. The van der Waals surface area contributed by atoms with Gasteiger partial charge in [-0.3, -0.25) is 4.90 Å². The van der Waals surface area contributed by atoms with E-state index in [0.29, 0.717) is 50.4 Å². The summed E-state index contributed by atoms with van der Waals surface area (Å²) >= 11 is 0. The van der Waals surface area contributed by atoms with Crippen LogP contribution in [0.5, 0.6) is 0 Å². The number of nitrogens with zero attached hydrogens (tertiary/aromatic N) is 5. The van der Waals surface area contributed by atoms with E-state index in [0.717, 1.165) is 62.5 Å². The van der Waals surface area contributed by atoms with Crippen LogP contribution in [0.1, 0.15) is 31.0 Å². The summed E-state index contributed by atoms with van der Waals surface area (Å²) in [6.45, 7) is 8.16. The number of carbonyl (C=O) groups excluding carboxylic acids is 1. The van der Waals surface area contributed by atoms with Crippen LogP contribution in [0.2, 0.25) is 0 Å². The Kier molecular flexibility index (Phi) is 8.12. The van der Waals surface area contributed by atoms with Crippen molar-refractivity contribution in [3.05, 3.63) is 35.5 Å². The number of benzene rings is 1. The molecular weight excluding hydrogens is 506 g/mol. The van der Waals surface area contributed by atoms with Crippen LogP contribution in [0, 0.1) is 0 Å². The van der Waals surface area contributed by atoms with Gasteiger partial charge in [-0.05, 0) is 50.5 Å². The van der Waals surface area contributed by atoms with Gasteiger partial charge in [0, 0.05) is 68.7 Å². The van der Waals surface area contributed by atoms with Gasteiger partial charge in [-0.1, -0.05) is 0 Å². The lowest BCUT2D eigenvalue weighted by Crippen LogP contribution is -2.48. The molecule has 1 aromatic carbocycles. The highest BCUT2D eigenvalue weighted by Crippen LogP contribution is 2.32. The number of rotatable bonds is 6. The first-order valence-electron chi connectivity index (χ1n) is 13.4. The van der Waals surface area contributed by atoms with Crippen LogP contribution < -0.4 is 15.5 Å². The Bertz CT molecular complexity index is 1240. The van der Waals surface area contributed by atoms with Gasteiger partial charge >= 0.3 is 6.03 Å². The van der Waals surface area contributed by atoms with Crippen molar-refractivity contribution in [1.82, 2.24) is 24.5 Å². The number of hydrogen-bond acceptors (Lipinski definition) is 8. The van der Waals surface area contributed by atoms with Crippen LogP contribution in [-0.4, -0.2) is 98.4 Å². The van der Waals surface area contributed by atoms with Crippen molar-refractivity contribution in [2.24, 2.45) is 0 Å². The number of anilines is 2. The topological polar surface area (TPSA) is 120 Å². The number of nitrogens with one attached hydrogen (secondary N) is 2. The van der Waals surface area contributed by atoms with Crippen molar-refractivity contribution in [1.29, 1.82) is 0 Å². The molecule has 3 aliphatic rings. The first-order chi connectivity index (χ1) is 18.3. The maximum absolute atomic E-state index is 12.0. The average molecular weight is 544 g/mol. The van der Waals surface area contributed by atoms with Gasteiger partial charge in [0.05, 0.1) is 25.2 Å². The van der Waals surface area contributed by atoms with Crippen molar-refractivity contribution in [2.45, 2.75) is 38.8 Å². The van der Waals surface area contributed by atoms with Gasteiger partial charge in [0.15, 0.2) is 5.82 Å². The summed E-state index contributed by atoms with van der Waals surface area (Å²) in [5, 5.41) is 5.56. The van der Waals surface area contributed by atoms with Gasteiger partial charge in [0.2, 0.25) is 10.0 Å². The van der Waals surface area contributed by atoms with Gasteiger partial charge in [0.1, 0.15) is 5.82 Å². The molecule has 5 rings (SSSR count). The minimum Gasteiger partial charge on any atom is -0.378 e.